The number of furan rings is 1. The number of fused-ring (bicyclic) bond motifs is 2. The maximum Gasteiger partial charge on any atom is 0.339 e. The molecule has 4 aromatic rings. The number of aromatic nitrogens is 3. The van der Waals surface area contributed by atoms with Crippen molar-refractivity contribution in [2.24, 2.45) is 0 Å². The Morgan fingerprint density at radius 2 is 2.18 bits per heavy atom. The number of ether oxygens (including phenoxy) is 1. The van der Waals surface area contributed by atoms with E-state index >= 15 is 0 Å². The van der Waals surface area contributed by atoms with Crippen molar-refractivity contribution in [2.75, 3.05) is 7.11 Å². The average molecular weight is 293 g/mol. The second kappa shape index (κ2) is 4.70. The molecule has 0 aliphatic rings. The van der Waals surface area contributed by atoms with Crippen molar-refractivity contribution >= 4 is 28.1 Å². The SMILES string of the molecule is COC(=O)c1cnc2nc(-c3coc4ccccc34)[nH]c2c1. The van der Waals surface area contributed by atoms with E-state index in [1.807, 2.05) is 24.3 Å². The first-order valence-corrected chi connectivity index (χ1v) is 6.67. The van der Waals surface area contributed by atoms with Crippen LogP contribution in [-0.4, -0.2) is 28.0 Å². The number of aromatic amines is 1. The average Bonchev–Trinajstić information content (AvgIpc) is 3.16. The van der Waals surface area contributed by atoms with Crippen LogP contribution >= 0.6 is 0 Å². The Labute approximate surface area is 124 Å². The molecular weight excluding hydrogens is 282 g/mol. The van der Waals surface area contributed by atoms with E-state index < -0.39 is 5.97 Å². The molecule has 0 aliphatic heterocycles. The molecule has 0 unspecified atom stereocenters. The highest BCUT2D eigenvalue weighted by atomic mass is 16.5. The third-order valence-electron chi connectivity index (χ3n) is 3.49. The smallest absolute Gasteiger partial charge is 0.339 e. The monoisotopic (exact) mass is 293 g/mol. The highest BCUT2D eigenvalue weighted by Gasteiger charge is 2.14. The third-order valence-corrected chi connectivity index (χ3v) is 3.49. The largest absolute Gasteiger partial charge is 0.465 e. The molecule has 0 radical (unpaired) electrons. The van der Waals surface area contributed by atoms with Gasteiger partial charge in [0.25, 0.3) is 0 Å². The van der Waals surface area contributed by atoms with Gasteiger partial charge in [-0.1, -0.05) is 18.2 Å². The quantitative estimate of drug-likeness (QED) is 0.574. The summed E-state index contributed by atoms with van der Waals surface area (Å²) >= 11 is 0. The minimum atomic E-state index is -0.431. The first-order chi connectivity index (χ1) is 10.8. The maximum absolute atomic E-state index is 11.6. The number of nitrogens with one attached hydrogen (secondary N) is 1. The van der Waals surface area contributed by atoms with Gasteiger partial charge in [0.15, 0.2) is 5.65 Å². The lowest BCUT2D eigenvalue weighted by molar-refractivity contribution is 0.0600. The molecule has 1 N–H and O–H groups in total. The zero-order valence-corrected chi connectivity index (χ0v) is 11.7. The summed E-state index contributed by atoms with van der Waals surface area (Å²) in [5, 5.41) is 0.967. The number of hydrogen-bond donors (Lipinski definition) is 1. The van der Waals surface area contributed by atoms with Crippen molar-refractivity contribution in [3.8, 4) is 11.4 Å². The van der Waals surface area contributed by atoms with E-state index in [9.17, 15) is 4.79 Å². The van der Waals surface area contributed by atoms with Crippen LogP contribution in [0.3, 0.4) is 0 Å². The molecule has 0 atom stereocenters. The summed E-state index contributed by atoms with van der Waals surface area (Å²) in [6.07, 6.45) is 3.11. The van der Waals surface area contributed by atoms with E-state index in [2.05, 4.69) is 15.0 Å². The number of carbonyl (C=O) groups is 1. The number of imidazole rings is 1. The van der Waals surface area contributed by atoms with Crippen molar-refractivity contribution in [3.05, 3.63) is 48.4 Å². The van der Waals surface area contributed by atoms with Gasteiger partial charge in [-0.05, 0) is 12.1 Å². The zero-order chi connectivity index (χ0) is 15.1. The van der Waals surface area contributed by atoms with Crippen molar-refractivity contribution < 1.29 is 13.9 Å². The molecule has 6 nitrogen and oxygen atoms in total. The van der Waals surface area contributed by atoms with Crippen molar-refractivity contribution in [2.45, 2.75) is 0 Å². The number of carbonyl (C=O) groups excluding carboxylic acids is 1. The van der Waals surface area contributed by atoms with Gasteiger partial charge in [0.05, 0.1) is 23.8 Å². The van der Waals surface area contributed by atoms with Gasteiger partial charge in [-0.3, -0.25) is 0 Å². The number of methoxy groups -OCH3 is 1. The summed E-state index contributed by atoms with van der Waals surface area (Å²) < 4.78 is 10.2. The van der Waals surface area contributed by atoms with Gasteiger partial charge >= 0.3 is 5.97 Å². The van der Waals surface area contributed by atoms with Crippen LogP contribution in [0, 0.1) is 0 Å². The third kappa shape index (κ3) is 1.85. The molecule has 3 aromatic heterocycles. The van der Waals surface area contributed by atoms with Crippen molar-refractivity contribution in [3.63, 3.8) is 0 Å². The lowest BCUT2D eigenvalue weighted by Crippen LogP contribution is -2.01. The number of hydrogen-bond acceptors (Lipinski definition) is 5. The summed E-state index contributed by atoms with van der Waals surface area (Å²) in [7, 11) is 1.34. The van der Waals surface area contributed by atoms with Crippen molar-refractivity contribution in [1.29, 1.82) is 0 Å². The number of para-hydroxylation sites is 1. The Balaban J connectivity index is 1.87. The fraction of sp³-hybridized carbons (Fsp3) is 0.0625. The lowest BCUT2D eigenvalue weighted by Gasteiger charge is -1.96. The summed E-state index contributed by atoms with van der Waals surface area (Å²) in [6.45, 7) is 0. The molecule has 108 valence electrons. The van der Waals surface area contributed by atoms with Crippen LogP contribution in [0.25, 0.3) is 33.5 Å². The fourth-order valence-corrected chi connectivity index (χ4v) is 2.42. The van der Waals surface area contributed by atoms with Gasteiger partial charge in [0.2, 0.25) is 0 Å². The first-order valence-electron chi connectivity index (χ1n) is 6.67. The topological polar surface area (TPSA) is 81.0 Å². The molecule has 22 heavy (non-hydrogen) atoms. The van der Waals surface area contributed by atoms with E-state index in [0.29, 0.717) is 22.6 Å². The van der Waals surface area contributed by atoms with Gasteiger partial charge in [-0.2, -0.15) is 0 Å². The summed E-state index contributed by atoms with van der Waals surface area (Å²) in [5.41, 5.74) is 3.23. The first kappa shape index (κ1) is 12.6. The number of H-pyrrole nitrogens is 1. The van der Waals surface area contributed by atoms with E-state index in [1.165, 1.54) is 13.3 Å². The Kier molecular flexibility index (Phi) is 2.69. The molecule has 3 heterocycles. The number of esters is 1. The van der Waals surface area contributed by atoms with Crippen LogP contribution in [0.5, 0.6) is 0 Å². The summed E-state index contributed by atoms with van der Waals surface area (Å²) in [6, 6.07) is 9.40. The minimum Gasteiger partial charge on any atom is -0.465 e. The van der Waals surface area contributed by atoms with Crippen molar-refractivity contribution in [1.82, 2.24) is 15.0 Å². The van der Waals surface area contributed by atoms with Crippen LogP contribution in [0.2, 0.25) is 0 Å². The standard InChI is InChI=1S/C16H11N3O3/c1-21-16(20)9-6-12-15(17-7-9)19-14(18-12)11-8-22-13-5-3-2-4-10(11)13/h2-8H,1H3,(H,17,18,19). The molecule has 0 spiro atoms. The van der Waals surface area contributed by atoms with E-state index in [1.54, 1.807) is 12.3 Å². The number of nitrogens with zero attached hydrogens (tertiary/aromatic N) is 2. The fourth-order valence-electron chi connectivity index (χ4n) is 2.42. The van der Waals surface area contributed by atoms with E-state index in [0.717, 1.165) is 16.5 Å². The summed E-state index contributed by atoms with van der Waals surface area (Å²) in [4.78, 5) is 23.4. The molecule has 0 fully saturated rings. The normalized spacial score (nSPS) is 11.1. The molecule has 0 saturated carbocycles. The van der Waals surface area contributed by atoms with Crippen LogP contribution in [0.15, 0.2) is 47.2 Å². The Hall–Kier alpha value is -3.15. The molecule has 0 aliphatic carbocycles. The molecule has 0 amide bonds. The number of benzene rings is 1. The number of pyridine rings is 1. The molecule has 4 rings (SSSR count). The Bertz CT molecular complexity index is 1000. The zero-order valence-electron chi connectivity index (χ0n) is 11.7. The van der Waals surface area contributed by atoms with Gasteiger partial charge < -0.3 is 14.1 Å². The summed E-state index contributed by atoms with van der Waals surface area (Å²) in [5.74, 6) is 0.216. The molecular formula is C16H11N3O3. The highest BCUT2D eigenvalue weighted by Crippen LogP contribution is 2.29. The predicted molar refractivity (Wildman–Crippen MR) is 80.4 cm³/mol. The van der Waals surface area contributed by atoms with Crippen LogP contribution < -0.4 is 0 Å². The highest BCUT2D eigenvalue weighted by molar-refractivity contribution is 5.95. The van der Waals surface area contributed by atoms with Crippen LogP contribution in [0.1, 0.15) is 10.4 Å². The van der Waals surface area contributed by atoms with Crippen LogP contribution in [-0.2, 0) is 4.74 Å². The minimum absolute atomic E-state index is 0.377. The second-order valence-electron chi connectivity index (χ2n) is 4.82. The predicted octanol–water partition coefficient (Wildman–Crippen LogP) is 3.16. The van der Waals surface area contributed by atoms with E-state index in [-0.39, 0.29) is 0 Å². The molecule has 0 bridgehead atoms. The molecule has 1 aromatic carbocycles. The molecule has 6 heteroatoms. The lowest BCUT2D eigenvalue weighted by atomic mass is 10.2. The molecule has 0 saturated heterocycles. The maximum atomic E-state index is 11.6. The van der Waals surface area contributed by atoms with Gasteiger partial charge in [0, 0.05) is 11.6 Å². The van der Waals surface area contributed by atoms with Gasteiger partial charge in [-0.25, -0.2) is 14.8 Å². The van der Waals surface area contributed by atoms with Gasteiger partial charge in [0.1, 0.15) is 17.7 Å². The second-order valence-corrected chi connectivity index (χ2v) is 4.82. The van der Waals surface area contributed by atoms with Crippen LogP contribution in [0.4, 0.5) is 0 Å². The Morgan fingerprint density at radius 1 is 1.32 bits per heavy atom. The Morgan fingerprint density at radius 3 is 3.05 bits per heavy atom. The van der Waals surface area contributed by atoms with E-state index in [4.69, 9.17) is 9.15 Å². The number of rotatable bonds is 2. The van der Waals surface area contributed by atoms with Gasteiger partial charge in [-0.15, -0.1) is 0 Å².